The molecular weight excluding hydrogens is 849 g/mol. The van der Waals surface area contributed by atoms with Crippen LogP contribution in [0.1, 0.15) is 45.6 Å². The number of aliphatic hydroxyl groups is 5. The highest BCUT2D eigenvalue weighted by atomic mass is 32.3. The molecule has 0 aliphatic carbocycles. The van der Waals surface area contributed by atoms with Gasteiger partial charge in [0.15, 0.2) is 11.5 Å². The van der Waals surface area contributed by atoms with Crippen LogP contribution < -0.4 is 36.9 Å². The van der Waals surface area contributed by atoms with Crippen LogP contribution in [0.15, 0.2) is 18.2 Å². The van der Waals surface area contributed by atoms with E-state index < -0.39 is 168 Å². The number of aromatic hydroxyl groups is 1. The fourth-order valence-corrected chi connectivity index (χ4v) is 8.03. The van der Waals surface area contributed by atoms with Crippen LogP contribution in [-0.4, -0.2) is 175 Å². The van der Waals surface area contributed by atoms with Crippen LogP contribution in [-0.2, 0) is 50.4 Å². The van der Waals surface area contributed by atoms with Crippen molar-refractivity contribution in [1.29, 1.82) is 0 Å². The molecule has 3 heterocycles. The number of nitrogens with two attached hydrogens (primary N) is 2. The van der Waals surface area contributed by atoms with E-state index in [4.69, 9.17) is 11.5 Å². The SMILES string of the molecule is CC1CC(N)C(=O)NC(CO)C(=O)N2CC(O)CC2C(=O)NC(C(C)Cc2ccc(O)c(OS(=O)(=O)O)c2)C(=O)NC(C(O)CC(N)=O)C(=O)N2CC(C)C(O)C2C(=O)NC1O. The number of hydrogen-bond acceptors (Lipinski definition) is 17. The summed E-state index contributed by atoms with van der Waals surface area (Å²) in [6, 6.07) is -7.13. The van der Waals surface area contributed by atoms with Crippen LogP contribution in [0.25, 0.3) is 0 Å². The van der Waals surface area contributed by atoms with Crippen LogP contribution in [0.4, 0.5) is 0 Å². The number of rotatable bonds is 9. The van der Waals surface area contributed by atoms with Gasteiger partial charge in [-0.1, -0.05) is 26.8 Å². The zero-order valence-electron chi connectivity index (χ0n) is 33.9. The molecule has 0 bridgehead atoms. The average molecular weight is 903 g/mol. The molecular formula is C36H54N8O17S. The molecule has 3 saturated heterocycles. The van der Waals surface area contributed by atoms with E-state index in [1.807, 2.05) is 0 Å². The summed E-state index contributed by atoms with van der Waals surface area (Å²) < 4.78 is 36.4. The molecule has 0 radical (unpaired) electrons. The summed E-state index contributed by atoms with van der Waals surface area (Å²) in [6.45, 7) is 2.42. The van der Waals surface area contributed by atoms with Gasteiger partial charge in [-0.2, -0.15) is 8.42 Å². The molecule has 0 aromatic heterocycles. The molecule has 346 valence electrons. The van der Waals surface area contributed by atoms with Crippen LogP contribution in [0, 0.1) is 17.8 Å². The molecule has 4 rings (SSSR count). The second-order valence-corrected chi connectivity index (χ2v) is 17.0. The lowest BCUT2D eigenvalue weighted by Gasteiger charge is -2.34. The average Bonchev–Trinajstić information content (AvgIpc) is 3.72. The fourth-order valence-electron chi connectivity index (χ4n) is 7.67. The number of fused-ring (bicyclic) bond motifs is 2. The van der Waals surface area contributed by atoms with Crippen molar-refractivity contribution in [1.82, 2.24) is 31.1 Å². The van der Waals surface area contributed by atoms with Crippen molar-refractivity contribution < 1.29 is 81.4 Å². The van der Waals surface area contributed by atoms with Gasteiger partial charge in [0.1, 0.15) is 36.4 Å². The van der Waals surface area contributed by atoms with E-state index >= 15 is 0 Å². The fraction of sp³-hybridized carbons (Fsp3) is 0.639. The van der Waals surface area contributed by atoms with Crippen molar-refractivity contribution in [3.63, 3.8) is 0 Å². The van der Waals surface area contributed by atoms with Gasteiger partial charge in [0.25, 0.3) is 0 Å². The van der Waals surface area contributed by atoms with Gasteiger partial charge in [0, 0.05) is 31.3 Å². The highest BCUT2D eigenvalue weighted by molar-refractivity contribution is 7.81. The topological polar surface area (TPSA) is 411 Å². The second kappa shape index (κ2) is 20.3. The van der Waals surface area contributed by atoms with Crippen molar-refractivity contribution in [2.45, 2.75) is 107 Å². The lowest BCUT2D eigenvalue weighted by Crippen LogP contribution is -2.63. The Labute approximate surface area is 355 Å². The van der Waals surface area contributed by atoms with Crippen LogP contribution in [0.3, 0.4) is 0 Å². The molecule has 0 saturated carbocycles. The number of nitrogens with one attached hydrogen (secondary N) is 4. The van der Waals surface area contributed by atoms with E-state index in [-0.39, 0.29) is 24.9 Å². The first kappa shape index (κ1) is 49.4. The maximum Gasteiger partial charge on any atom is 0.446 e. The third-order valence-electron chi connectivity index (χ3n) is 11.0. The number of aliphatic hydroxyl groups excluding tert-OH is 5. The zero-order valence-corrected chi connectivity index (χ0v) is 34.7. The molecule has 0 spiro atoms. The Hall–Kier alpha value is -5.22. The van der Waals surface area contributed by atoms with E-state index in [2.05, 4.69) is 25.5 Å². The highest BCUT2D eigenvalue weighted by Gasteiger charge is 2.50. The van der Waals surface area contributed by atoms with E-state index in [1.165, 1.54) is 26.8 Å². The zero-order chi connectivity index (χ0) is 46.5. The Morgan fingerprint density at radius 1 is 0.887 bits per heavy atom. The predicted molar refractivity (Wildman–Crippen MR) is 209 cm³/mol. The third-order valence-corrected chi connectivity index (χ3v) is 11.4. The summed E-state index contributed by atoms with van der Waals surface area (Å²) in [7, 11) is -5.13. The minimum absolute atomic E-state index is 0.137. The molecule has 26 heteroatoms. The number of carbonyl (C=O) groups is 7. The molecule has 15 N–H and O–H groups in total. The molecule has 62 heavy (non-hydrogen) atoms. The number of primary amides is 1. The van der Waals surface area contributed by atoms with Crippen molar-refractivity contribution in [2.75, 3.05) is 19.7 Å². The monoisotopic (exact) mass is 902 g/mol. The largest absolute Gasteiger partial charge is 0.504 e. The molecule has 3 aliphatic rings. The Morgan fingerprint density at radius 2 is 1.53 bits per heavy atom. The Morgan fingerprint density at radius 3 is 2.15 bits per heavy atom. The maximum atomic E-state index is 14.4. The summed E-state index contributed by atoms with van der Waals surface area (Å²) in [5.41, 5.74) is 11.5. The molecule has 1 aromatic rings. The summed E-state index contributed by atoms with van der Waals surface area (Å²) in [5, 5.41) is 73.4. The van der Waals surface area contributed by atoms with E-state index in [0.717, 1.165) is 21.9 Å². The van der Waals surface area contributed by atoms with Gasteiger partial charge in [0.05, 0.1) is 37.4 Å². The van der Waals surface area contributed by atoms with Gasteiger partial charge in [0.2, 0.25) is 41.4 Å². The van der Waals surface area contributed by atoms with E-state index in [1.54, 1.807) is 0 Å². The molecule has 3 fully saturated rings. The first-order valence-electron chi connectivity index (χ1n) is 19.5. The highest BCUT2D eigenvalue weighted by Crippen LogP contribution is 2.30. The minimum atomic E-state index is -5.13. The van der Waals surface area contributed by atoms with E-state index in [0.29, 0.717) is 0 Å². The Bertz CT molecular complexity index is 1990. The van der Waals surface area contributed by atoms with Gasteiger partial charge in [-0.25, -0.2) is 0 Å². The normalized spacial score (nSPS) is 32.0. The predicted octanol–water partition coefficient (Wildman–Crippen LogP) is -6.59. The van der Waals surface area contributed by atoms with Crippen LogP contribution in [0.5, 0.6) is 11.5 Å². The Kier molecular flexibility index (Phi) is 16.2. The number of hydrogen-bond donors (Lipinski definition) is 13. The number of carbonyl (C=O) groups excluding carboxylic acids is 7. The number of amides is 7. The second-order valence-electron chi connectivity index (χ2n) is 16.0. The smallest absolute Gasteiger partial charge is 0.446 e. The number of phenols is 1. The lowest BCUT2D eigenvalue weighted by atomic mass is 9.92. The first-order chi connectivity index (χ1) is 28.8. The molecule has 7 amide bonds. The Balaban J connectivity index is 1.83. The molecule has 13 unspecified atom stereocenters. The molecule has 25 nitrogen and oxygen atoms in total. The van der Waals surface area contributed by atoms with Gasteiger partial charge in [-0.3, -0.25) is 38.1 Å². The lowest BCUT2D eigenvalue weighted by molar-refractivity contribution is -0.148. The summed E-state index contributed by atoms with van der Waals surface area (Å²) in [4.78, 5) is 97.2. The van der Waals surface area contributed by atoms with Gasteiger partial charge < -0.3 is 77.4 Å². The van der Waals surface area contributed by atoms with Crippen LogP contribution in [0.2, 0.25) is 0 Å². The van der Waals surface area contributed by atoms with Gasteiger partial charge in [-0.05, 0) is 36.5 Å². The number of nitrogens with zero attached hydrogens (tertiary/aromatic N) is 2. The quantitative estimate of drug-likeness (QED) is 0.102. The van der Waals surface area contributed by atoms with Gasteiger partial charge >= 0.3 is 10.4 Å². The first-order valence-corrected chi connectivity index (χ1v) is 20.9. The maximum absolute atomic E-state index is 14.4. The number of phenolic OH excluding ortho intramolecular Hbond substituents is 1. The van der Waals surface area contributed by atoms with Gasteiger partial charge in [-0.15, -0.1) is 0 Å². The third kappa shape index (κ3) is 12.0. The van der Waals surface area contributed by atoms with E-state index in [9.17, 15) is 77.2 Å². The number of benzene rings is 1. The standard InChI is InChI=1S/C36H54N8O17S/c1-14(6-17-4-5-22(47)24(8-17)61-62(58,59)60)26-33(54)41-27(23(48)10-25(38)49)36(57)44-11-16(3)29(50)28(44)34(55)42-30(51)15(2)7-19(37)31(52)39-20(13-45)35(56)43-12-18(46)9-21(43)32(53)40-26/h4-5,8,14-16,18-21,23,26-30,45-48,50-51H,6-7,9-13,37H2,1-3H3,(H2,38,49)(H,39,52)(H,40,53)(H,41,54)(H,42,55)(H,58,59,60). The minimum Gasteiger partial charge on any atom is -0.504 e. The van der Waals surface area contributed by atoms with Crippen molar-refractivity contribution in [2.24, 2.45) is 29.2 Å². The van der Waals surface area contributed by atoms with Crippen molar-refractivity contribution in [3.05, 3.63) is 23.8 Å². The molecule has 1 aromatic carbocycles. The summed E-state index contributed by atoms with van der Waals surface area (Å²) in [5.74, 6) is -12.1. The van der Waals surface area contributed by atoms with Crippen LogP contribution >= 0.6 is 0 Å². The molecule has 13 atom stereocenters. The van der Waals surface area contributed by atoms with Crippen molar-refractivity contribution in [3.8, 4) is 11.5 Å². The molecule has 3 aliphatic heterocycles. The van der Waals surface area contributed by atoms with Crippen molar-refractivity contribution >= 4 is 51.7 Å². The summed E-state index contributed by atoms with van der Waals surface area (Å²) >= 11 is 0. The summed E-state index contributed by atoms with van der Waals surface area (Å²) in [6.07, 6.45) is -8.69.